The van der Waals surface area contributed by atoms with Gasteiger partial charge in [0.15, 0.2) is 0 Å². The highest BCUT2D eigenvalue weighted by Gasteiger charge is 2.05. The molecule has 0 aliphatic carbocycles. The maximum absolute atomic E-state index is 11.1. The summed E-state index contributed by atoms with van der Waals surface area (Å²) in [5.74, 6) is 0.622. The molecular formula is C7H12N4O2S. The van der Waals surface area contributed by atoms with Crippen molar-refractivity contribution in [2.24, 2.45) is 0 Å². The Bertz CT molecular complexity index is 302. The van der Waals surface area contributed by atoms with Crippen LogP contribution in [0.2, 0.25) is 0 Å². The van der Waals surface area contributed by atoms with E-state index in [2.05, 4.69) is 10.1 Å². The van der Waals surface area contributed by atoms with Crippen LogP contribution in [-0.4, -0.2) is 39.3 Å². The van der Waals surface area contributed by atoms with Crippen molar-refractivity contribution >= 4 is 23.7 Å². The Morgan fingerprint density at radius 1 is 1.79 bits per heavy atom. The highest BCUT2D eigenvalue weighted by atomic mass is 32.2. The molecule has 0 aliphatic heterocycles. The van der Waals surface area contributed by atoms with Crippen LogP contribution in [0.5, 0.6) is 0 Å². The third-order valence-electron chi connectivity index (χ3n) is 1.40. The molecule has 78 valence electrons. The van der Waals surface area contributed by atoms with Crippen LogP contribution in [0.25, 0.3) is 0 Å². The molecule has 0 aromatic carbocycles. The maximum atomic E-state index is 11.1. The molecule has 1 heterocycles. The number of nitrogens with zero attached hydrogens (tertiary/aromatic N) is 3. The zero-order valence-corrected chi connectivity index (χ0v) is 8.66. The minimum atomic E-state index is -0.330. The molecule has 0 aliphatic rings. The fourth-order valence-electron chi connectivity index (χ4n) is 0.802. The summed E-state index contributed by atoms with van der Waals surface area (Å²) in [5, 5.41) is 3.76. The summed E-state index contributed by atoms with van der Waals surface area (Å²) in [5.41, 5.74) is 5.28. The van der Waals surface area contributed by atoms with Gasteiger partial charge in [-0.1, -0.05) is 0 Å². The van der Waals surface area contributed by atoms with Crippen molar-refractivity contribution in [1.82, 2.24) is 14.8 Å². The number of carbonyl (C=O) groups excluding carboxylic acids is 1. The molecule has 0 radical (unpaired) electrons. The first-order valence-corrected chi connectivity index (χ1v) is 5.41. The second-order valence-electron chi connectivity index (χ2n) is 2.51. The highest BCUT2D eigenvalue weighted by molar-refractivity contribution is 7.98. The van der Waals surface area contributed by atoms with E-state index in [1.807, 2.05) is 6.26 Å². The van der Waals surface area contributed by atoms with Gasteiger partial charge in [-0.05, 0) is 6.26 Å². The lowest BCUT2D eigenvalue weighted by molar-refractivity contribution is -0.143. The Labute approximate surface area is 85.8 Å². The van der Waals surface area contributed by atoms with Gasteiger partial charge in [0.25, 0.3) is 0 Å². The number of hydrogen-bond donors (Lipinski definition) is 1. The number of rotatable bonds is 5. The van der Waals surface area contributed by atoms with Crippen molar-refractivity contribution in [3.8, 4) is 0 Å². The second-order valence-corrected chi connectivity index (χ2v) is 3.50. The minimum Gasteiger partial charge on any atom is -0.463 e. The van der Waals surface area contributed by atoms with E-state index in [1.54, 1.807) is 11.8 Å². The average Bonchev–Trinajstić information content (AvgIpc) is 2.52. The van der Waals surface area contributed by atoms with Gasteiger partial charge in [-0.2, -0.15) is 11.8 Å². The molecule has 0 unspecified atom stereocenters. The Kier molecular flexibility index (Phi) is 4.24. The van der Waals surface area contributed by atoms with Gasteiger partial charge in [-0.25, -0.2) is 9.67 Å². The molecule has 1 aromatic rings. The second kappa shape index (κ2) is 5.48. The molecule has 6 nitrogen and oxygen atoms in total. The Balaban J connectivity index is 2.27. The summed E-state index contributed by atoms with van der Waals surface area (Å²) in [7, 11) is 0. The van der Waals surface area contributed by atoms with E-state index < -0.39 is 0 Å². The van der Waals surface area contributed by atoms with Gasteiger partial charge in [-0.3, -0.25) is 4.79 Å². The van der Waals surface area contributed by atoms with Crippen molar-refractivity contribution in [2.45, 2.75) is 6.54 Å². The first-order chi connectivity index (χ1) is 6.72. The molecule has 0 atom stereocenters. The van der Waals surface area contributed by atoms with E-state index in [9.17, 15) is 4.79 Å². The largest absolute Gasteiger partial charge is 0.463 e. The Morgan fingerprint density at radius 3 is 3.14 bits per heavy atom. The number of nitrogens with two attached hydrogens (primary N) is 1. The number of anilines is 1. The summed E-state index contributed by atoms with van der Waals surface area (Å²) in [6.45, 7) is 0.475. The van der Waals surface area contributed by atoms with Gasteiger partial charge in [-0.15, -0.1) is 5.10 Å². The van der Waals surface area contributed by atoms with E-state index in [4.69, 9.17) is 10.5 Å². The first-order valence-electron chi connectivity index (χ1n) is 4.02. The molecule has 1 aromatic heterocycles. The molecule has 2 N–H and O–H groups in total. The molecule has 0 amide bonds. The van der Waals surface area contributed by atoms with Crippen LogP contribution < -0.4 is 5.73 Å². The zero-order chi connectivity index (χ0) is 10.4. The predicted molar refractivity (Wildman–Crippen MR) is 53.8 cm³/mol. The van der Waals surface area contributed by atoms with Crippen LogP contribution in [0.4, 0.5) is 5.95 Å². The number of nitrogen functional groups attached to an aromatic ring is 1. The van der Waals surface area contributed by atoms with Crippen molar-refractivity contribution in [1.29, 1.82) is 0 Å². The fraction of sp³-hybridized carbons (Fsp3) is 0.571. The topological polar surface area (TPSA) is 83.0 Å². The molecule has 0 saturated heterocycles. The van der Waals surface area contributed by atoms with Crippen molar-refractivity contribution in [2.75, 3.05) is 24.3 Å². The third kappa shape index (κ3) is 3.65. The summed E-state index contributed by atoms with van der Waals surface area (Å²) >= 11 is 1.62. The number of ether oxygens (including phenoxy) is 1. The smallest absolute Gasteiger partial charge is 0.327 e. The van der Waals surface area contributed by atoms with Crippen molar-refractivity contribution in [3.63, 3.8) is 0 Å². The maximum Gasteiger partial charge on any atom is 0.327 e. The number of carbonyl (C=O) groups is 1. The number of aromatic nitrogens is 3. The quantitative estimate of drug-likeness (QED) is 0.540. The summed E-state index contributed by atoms with van der Waals surface area (Å²) in [6.07, 6.45) is 3.34. The van der Waals surface area contributed by atoms with Gasteiger partial charge in [0.2, 0.25) is 5.95 Å². The molecule has 14 heavy (non-hydrogen) atoms. The lowest BCUT2D eigenvalue weighted by Crippen LogP contribution is -2.15. The zero-order valence-electron chi connectivity index (χ0n) is 7.84. The lowest BCUT2D eigenvalue weighted by atomic mass is 10.6. The van der Waals surface area contributed by atoms with Crippen LogP contribution in [0.3, 0.4) is 0 Å². The van der Waals surface area contributed by atoms with Gasteiger partial charge >= 0.3 is 5.97 Å². The van der Waals surface area contributed by atoms with Crippen LogP contribution in [0, 0.1) is 0 Å². The third-order valence-corrected chi connectivity index (χ3v) is 1.97. The minimum absolute atomic E-state index is 0.0541. The molecule has 7 heteroatoms. The van der Waals surface area contributed by atoms with Crippen LogP contribution in [-0.2, 0) is 16.1 Å². The van der Waals surface area contributed by atoms with E-state index >= 15 is 0 Å². The molecule has 0 saturated carbocycles. The fourth-order valence-corrected chi connectivity index (χ4v) is 1.05. The monoisotopic (exact) mass is 216 g/mol. The Hall–Kier alpha value is -1.24. The highest BCUT2D eigenvalue weighted by Crippen LogP contribution is 1.94. The van der Waals surface area contributed by atoms with Gasteiger partial charge in [0.05, 0.1) is 0 Å². The van der Waals surface area contributed by atoms with Crippen molar-refractivity contribution in [3.05, 3.63) is 6.33 Å². The molecule has 0 spiro atoms. The van der Waals surface area contributed by atoms with Crippen molar-refractivity contribution < 1.29 is 9.53 Å². The number of esters is 1. The molecule has 0 bridgehead atoms. The average molecular weight is 216 g/mol. The number of hydrogen-bond acceptors (Lipinski definition) is 6. The normalized spacial score (nSPS) is 10.1. The lowest BCUT2D eigenvalue weighted by Gasteiger charge is -2.02. The Morgan fingerprint density at radius 2 is 2.57 bits per heavy atom. The first kappa shape index (κ1) is 10.8. The van der Waals surface area contributed by atoms with Crippen LogP contribution in [0.15, 0.2) is 6.33 Å². The summed E-state index contributed by atoms with van der Waals surface area (Å²) in [4.78, 5) is 14.8. The van der Waals surface area contributed by atoms with Gasteiger partial charge in [0.1, 0.15) is 19.5 Å². The van der Waals surface area contributed by atoms with E-state index in [0.29, 0.717) is 6.61 Å². The predicted octanol–water partition coefficient (Wildman–Crippen LogP) is -0.233. The van der Waals surface area contributed by atoms with E-state index in [-0.39, 0.29) is 18.5 Å². The summed E-state index contributed by atoms with van der Waals surface area (Å²) in [6, 6.07) is 0. The van der Waals surface area contributed by atoms with E-state index in [0.717, 1.165) is 5.75 Å². The summed E-state index contributed by atoms with van der Waals surface area (Å²) < 4.78 is 6.25. The van der Waals surface area contributed by atoms with E-state index in [1.165, 1.54) is 11.0 Å². The molecular weight excluding hydrogens is 204 g/mol. The molecule has 0 fully saturated rings. The van der Waals surface area contributed by atoms with Gasteiger partial charge < -0.3 is 10.5 Å². The SMILES string of the molecule is CSCCOC(=O)Cn1cnc(N)n1. The number of thioether (sulfide) groups is 1. The molecule has 1 rings (SSSR count). The van der Waals surface area contributed by atoms with Crippen LogP contribution in [0.1, 0.15) is 0 Å². The van der Waals surface area contributed by atoms with Gasteiger partial charge in [0, 0.05) is 5.75 Å². The standard InChI is InChI=1S/C7H12N4O2S/c1-14-3-2-13-6(12)4-11-5-9-7(8)10-11/h5H,2-4H2,1H3,(H2,8,10). The van der Waals surface area contributed by atoms with Crippen LogP contribution >= 0.6 is 11.8 Å².